The first-order chi connectivity index (χ1) is 20.1. The summed E-state index contributed by atoms with van der Waals surface area (Å²) in [6.45, 7) is 5.16. The second-order valence-corrected chi connectivity index (χ2v) is 13.4. The molecule has 1 aliphatic rings. The van der Waals surface area contributed by atoms with E-state index < -0.39 is 10.0 Å². The number of carbonyl (C=O) groups excluding carboxylic acids is 1. The fraction of sp³-hybridized carbons (Fsp3) is 0.355. The van der Waals surface area contributed by atoms with Gasteiger partial charge in [0.25, 0.3) is 0 Å². The normalized spacial score (nSPS) is 16.5. The first kappa shape index (κ1) is 30.1. The summed E-state index contributed by atoms with van der Waals surface area (Å²) >= 11 is 1.52. The maximum atomic E-state index is 13.3. The molecule has 0 radical (unpaired) electrons. The molecule has 0 saturated carbocycles. The molecule has 1 aliphatic heterocycles. The van der Waals surface area contributed by atoms with E-state index in [9.17, 15) is 17.6 Å². The van der Waals surface area contributed by atoms with E-state index in [1.165, 1.54) is 35.1 Å². The minimum atomic E-state index is -3.55. The molecule has 2 atom stereocenters. The molecule has 0 spiro atoms. The van der Waals surface area contributed by atoms with Crippen molar-refractivity contribution in [3.05, 3.63) is 83.0 Å². The number of aromatic nitrogens is 2. The number of ether oxygens (including phenoxy) is 1. The van der Waals surface area contributed by atoms with Gasteiger partial charge in [-0.05, 0) is 85.6 Å². The second kappa shape index (κ2) is 12.9. The molecule has 8 nitrogen and oxygen atoms in total. The van der Waals surface area contributed by atoms with E-state index in [0.29, 0.717) is 30.1 Å². The molecular weight excluding hydrogens is 575 g/mol. The van der Waals surface area contributed by atoms with Gasteiger partial charge in [-0.1, -0.05) is 18.2 Å². The molecule has 2 aromatic heterocycles. The summed E-state index contributed by atoms with van der Waals surface area (Å²) < 4.78 is 49.1. The molecule has 2 aromatic carbocycles. The molecule has 42 heavy (non-hydrogen) atoms. The molecule has 0 amide bonds. The largest absolute Gasteiger partial charge is 0.497 e. The van der Waals surface area contributed by atoms with Crippen molar-refractivity contribution in [2.45, 2.75) is 32.7 Å². The van der Waals surface area contributed by atoms with Crippen LogP contribution in [-0.2, 0) is 16.4 Å². The predicted molar refractivity (Wildman–Crippen MR) is 164 cm³/mol. The third-order valence-electron chi connectivity index (χ3n) is 7.77. The number of hydrogen-bond acceptors (Lipinski definition) is 7. The molecule has 1 saturated heterocycles. The van der Waals surface area contributed by atoms with Crippen LogP contribution in [0.15, 0.2) is 66.0 Å². The van der Waals surface area contributed by atoms with Gasteiger partial charge in [-0.15, -0.1) is 11.3 Å². The van der Waals surface area contributed by atoms with E-state index in [4.69, 9.17) is 4.74 Å². The van der Waals surface area contributed by atoms with Gasteiger partial charge in [0.05, 0.1) is 23.4 Å². The van der Waals surface area contributed by atoms with Crippen LogP contribution in [0.25, 0.3) is 21.8 Å². The second-order valence-electron chi connectivity index (χ2n) is 10.6. The SMILES string of the molecule is COc1ccc(-c2c(CCNS(=O)(=O)CC3CCN(C(C)c4ccc(F)cc4)C3)c(-c3cccs3)nn2C(C)=O)cc1. The highest BCUT2D eigenvalue weighted by atomic mass is 32.2. The number of likely N-dealkylation sites (tertiary alicyclic amines) is 1. The van der Waals surface area contributed by atoms with Gasteiger partial charge in [0.1, 0.15) is 17.3 Å². The van der Waals surface area contributed by atoms with Crippen molar-refractivity contribution in [3.63, 3.8) is 0 Å². The standard InChI is InChI=1S/C31H35FN4O4S2/c1-21(24-6-10-26(32)11-7-24)35-17-15-23(19-35)20-42(38,39)33-16-14-28-30(29-5-4-18-41-29)34-36(22(2)37)31(28)25-8-12-27(40-3)13-9-25/h4-13,18,21,23,33H,14-17,19-20H2,1-3H3. The molecule has 5 rings (SSSR count). The van der Waals surface area contributed by atoms with Crippen LogP contribution in [0.2, 0.25) is 0 Å². The Morgan fingerprint density at radius 2 is 1.90 bits per heavy atom. The van der Waals surface area contributed by atoms with E-state index >= 15 is 0 Å². The van der Waals surface area contributed by atoms with Crippen molar-refractivity contribution in [1.29, 1.82) is 0 Å². The lowest BCUT2D eigenvalue weighted by atomic mass is 10.0. The predicted octanol–water partition coefficient (Wildman–Crippen LogP) is 5.63. The third-order valence-corrected chi connectivity index (χ3v) is 10.2. The lowest BCUT2D eigenvalue weighted by molar-refractivity contribution is 0.0923. The first-order valence-electron chi connectivity index (χ1n) is 13.9. The molecule has 2 unspecified atom stereocenters. The molecule has 1 fully saturated rings. The fourth-order valence-electron chi connectivity index (χ4n) is 5.57. The highest BCUT2D eigenvalue weighted by Crippen LogP contribution is 2.35. The summed E-state index contributed by atoms with van der Waals surface area (Å²) in [7, 11) is -1.96. The van der Waals surface area contributed by atoms with E-state index in [2.05, 4.69) is 21.6 Å². The molecule has 3 heterocycles. The number of sulfonamides is 1. The summed E-state index contributed by atoms with van der Waals surface area (Å²) in [5.41, 5.74) is 3.93. The summed E-state index contributed by atoms with van der Waals surface area (Å²) in [6, 6.07) is 17.8. The van der Waals surface area contributed by atoms with Gasteiger partial charge in [-0.25, -0.2) is 17.5 Å². The van der Waals surface area contributed by atoms with Crippen LogP contribution in [0.5, 0.6) is 5.75 Å². The summed E-state index contributed by atoms with van der Waals surface area (Å²) in [4.78, 5) is 15.8. The number of methoxy groups -OCH3 is 1. The zero-order valence-corrected chi connectivity index (χ0v) is 25.6. The Balaban J connectivity index is 1.30. The average molecular weight is 611 g/mol. The Morgan fingerprint density at radius 3 is 2.55 bits per heavy atom. The van der Waals surface area contributed by atoms with Gasteiger partial charge >= 0.3 is 0 Å². The lowest BCUT2D eigenvalue weighted by Gasteiger charge is -2.24. The van der Waals surface area contributed by atoms with E-state index in [1.807, 2.05) is 41.8 Å². The Hall–Kier alpha value is -3.38. The molecular formula is C31H35FN4O4S2. The zero-order chi connectivity index (χ0) is 29.9. The fourth-order valence-corrected chi connectivity index (χ4v) is 7.74. The van der Waals surface area contributed by atoms with Crippen LogP contribution in [-0.4, -0.2) is 61.5 Å². The van der Waals surface area contributed by atoms with Gasteiger partial charge in [0, 0.05) is 37.2 Å². The smallest absolute Gasteiger partial charge is 0.244 e. The van der Waals surface area contributed by atoms with Crippen LogP contribution in [0, 0.1) is 11.7 Å². The Morgan fingerprint density at radius 1 is 1.17 bits per heavy atom. The molecule has 1 N–H and O–H groups in total. The molecule has 0 aliphatic carbocycles. The van der Waals surface area contributed by atoms with E-state index in [0.717, 1.165) is 34.5 Å². The van der Waals surface area contributed by atoms with Crippen molar-refractivity contribution in [1.82, 2.24) is 19.4 Å². The van der Waals surface area contributed by atoms with Gasteiger partial charge < -0.3 is 4.74 Å². The van der Waals surface area contributed by atoms with Gasteiger partial charge in [-0.2, -0.15) is 9.78 Å². The van der Waals surface area contributed by atoms with E-state index in [1.54, 1.807) is 19.2 Å². The average Bonchev–Trinajstić information content (AvgIpc) is 3.73. The van der Waals surface area contributed by atoms with Crippen molar-refractivity contribution >= 4 is 27.3 Å². The van der Waals surface area contributed by atoms with Crippen LogP contribution >= 0.6 is 11.3 Å². The van der Waals surface area contributed by atoms with Crippen molar-refractivity contribution < 1.29 is 22.3 Å². The summed E-state index contributed by atoms with van der Waals surface area (Å²) in [5, 5.41) is 6.61. The van der Waals surface area contributed by atoms with Crippen LogP contribution in [0.1, 0.15) is 42.2 Å². The van der Waals surface area contributed by atoms with Crippen molar-refractivity contribution in [3.8, 4) is 27.6 Å². The number of halogens is 1. The zero-order valence-electron chi connectivity index (χ0n) is 23.9. The topological polar surface area (TPSA) is 93.5 Å². The summed E-state index contributed by atoms with van der Waals surface area (Å²) in [6.07, 6.45) is 1.14. The number of rotatable bonds is 11. The Labute approximate surface area is 250 Å². The molecule has 0 bridgehead atoms. The number of thiophene rings is 1. The van der Waals surface area contributed by atoms with Crippen LogP contribution in [0.4, 0.5) is 4.39 Å². The number of carbonyl (C=O) groups is 1. The Kier molecular flexibility index (Phi) is 9.22. The minimum absolute atomic E-state index is 0.00222. The maximum Gasteiger partial charge on any atom is 0.244 e. The number of hydrogen-bond donors (Lipinski definition) is 1. The van der Waals surface area contributed by atoms with E-state index in [-0.39, 0.29) is 36.0 Å². The molecule has 11 heteroatoms. The highest BCUT2D eigenvalue weighted by molar-refractivity contribution is 7.89. The quantitative estimate of drug-likeness (QED) is 0.237. The third kappa shape index (κ3) is 6.81. The molecule has 222 valence electrons. The molecule has 4 aromatic rings. The van der Waals surface area contributed by atoms with Crippen LogP contribution < -0.4 is 9.46 Å². The minimum Gasteiger partial charge on any atom is -0.497 e. The monoisotopic (exact) mass is 610 g/mol. The van der Waals surface area contributed by atoms with Crippen molar-refractivity contribution in [2.24, 2.45) is 5.92 Å². The van der Waals surface area contributed by atoms with Gasteiger partial charge in [0.15, 0.2) is 0 Å². The lowest BCUT2D eigenvalue weighted by Crippen LogP contribution is -2.33. The summed E-state index contributed by atoms with van der Waals surface area (Å²) in [5.74, 6) is 0.233. The maximum absolute atomic E-state index is 13.3. The highest BCUT2D eigenvalue weighted by Gasteiger charge is 2.30. The number of nitrogens with zero attached hydrogens (tertiary/aromatic N) is 3. The Bertz CT molecular complexity index is 1620. The number of nitrogens with one attached hydrogen (secondary N) is 1. The number of benzene rings is 2. The van der Waals surface area contributed by atoms with Gasteiger partial charge in [-0.3, -0.25) is 9.69 Å². The first-order valence-corrected chi connectivity index (χ1v) is 16.5. The van der Waals surface area contributed by atoms with Gasteiger partial charge in [0.2, 0.25) is 15.9 Å². The van der Waals surface area contributed by atoms with Crippen molar-refractivity contribution in [2.75, 3.05) is 32.5 Å². The van der Waals surface area contributed by atoms with Crippen LogP contribution in [0.3, 0.4) is 0 Å².